The van der Waals surface area contributed by atoms with Crippen molar-refractivity contribution in [1.82, 2.24) is 15.0 Å². The molecule has 52 heavy (non-hydrogen) atoms. The summed E-state index contributed by atoms with van der Waals surface area (Å²) in [7, 11) is -1.59. The van der Waals surface area contributed by atoms with Crippen LogP contribution >= 0.6 is 0 Å². The number of esters is 1. The molecule has 0 aliphatic carbocycles. The van der Waals surface area contributed by atoms with E-state index < -0.39 is 25.9 Å². The average molecular weight is 726 g/mol. The zero-order valence-corrected chi connectivity index (χ0v) is 31.1. The zero-order valence-electron chi connectivity index (χ0n) is 30.1. The molecule has 0 saturated carbocycles. The van der Waals surface area contributed by atoms with Gasteiger partial charge in [-0.1, -0.05) is 60.7 Å². The van der Waals surface area contributed by atoms with Crippen LogP contribution in [0.25, 0.3) is 0 Å². The molecule has 1 spiro atoms. The van der Waals surface area contributed by atoms with Crippen LogP contribution in [0.1, 0.15) is 65.7 Å². The third kappa shape index (κ3) is 7.31. The minimum Gasteiger partial charge on any atom is -0.469 e. The molecule has 3 heterocycles. The highest BCUT2D eigenvalue weighted by atomic mass is 28.4. The Morgan fingerprint density at radius 3 is 2.42 bits per heavy atom. The summed E-state index contributed by atoms with van der Waals surface area (Å²) < 4.78 is 13.5. The van der Waals surface area contributed by atoms with E-state index in [0.29, 0.717) is 60.5 Å². The first-order valence-electron chi connectivity index (χ1n) is 17.8. The molecule has 5 atom stereocenters. The van der Waals surface area contributed by atoms with Gasteiger partial charge in [-0.25, -0.2) is 0 Å². The predicted molar refractivity (Wildman–Crippen MR) is 198 cm³/mol. The van der Waals surface area contributed by atoms with E-state index in [1.807, 2.05) is 74.7 Å². The van der Waals surface area contributed by atoms with Gasteiger partial charge in [-0.15, -0.1) is 5.10 Å². The maximum atomic E-state index is 14.8. The number of rotatable bonds is 14. The van der Waals surface area contributed by atoms with Gasteiger partial charge < -0.3 is 29.6 Å². The first-order valence-corrected chi connectivity index (χ1v) is 20.9. The van der Waals surface area contributed by atoms with E-state index in [2.05, 4.69) is 15.6 Å². The van der Waals surface area contributed by atoms with Gasteiger partial charge in [0.1, 0.15) is 0 Å². The number of anilines is 2. The topological polar surface area (TPSA) is 156 Å². The molecular formula is C39H47N5O7Si. The van der Waals surface area contributed by atoms with Crippen molar-refractivity contribution in [2.24, 2.45) is 5.92 Å². The van der Waals surface area contributed by atoms with Crippen LogP contribution in [-0.2, 0) is 31.2 Å². The lowest BCUT2D eigenvalue weighted by Crippen LogP contribution is -2.46. The number of unbranched alkanes of at least 4 members (excludes halogenated alkanes) is 1. The Kier molecular flexibility index (Phi) is 11.1. The first-order chi connectivity index (χ1) is 25.0. The second-order valence-corrected chi connectivity index (χ2v) is 18.2. The second kappa shape index (κ2) is 15.5. The van der Waals surface area contributed by atoms with Crippen LogP contribution in [0.2, 0.25) is 18.6 Å². The number of hydrogen-bond donors (Lipinski definition) is 3. The molecule has 2 amide bonds. The highest BCUT2D eigenvalue weighted by Crippen LogP contribution is 2.60. The third-order valence-corrected chi connectivity index (χ3v) is 13.0. The maximum Gasteiger partial charge on any atom is 0.305 e. The summed E-state index contributed by atoms with van der Waals surface area (Å²) in [6.45, 7) is 6.40. The molecular weight excluding hydrogens is 679 g/mol. The van der Waals surface area contributed by atoms with Crippen molar-refractivity contribution in [2.75, 3.05) is 30.5 Å². The molecule has 3 N–H and O–H groups in total. The van der Waals surface area contributed by atoms with E-state index in [-0.39, 0.29) is 42.3 Å². The second-order valence-electron chi connectivity index (χ2n) is 14.2. The van der Waals surface area contributed by atoms with Gasteiger partial charge in [-0.05, 0) is 68.3 Å². The summed E-state index contributed by atoms with van der Waals surface area (Å²) in [5.41, 5.74) is 2.22. The van der Waals surface area contributed by atoms with E-state index in [9.17, 15) is 24.3 Å². The largest absolute Gasteiger partial charge is 0.469 e. The van der Waals surface area contributed by atoms with E-state index in [1.54, 1.807) is 39.9 Å². The summed E-state index contributed by atoms with van der Waals surface area (Å²) in [5.74, 6) is -1.52. The number of carbonyl (C=O) groups excluding carboxylic acids is 3. The Morgan fingerprint density at radius 1 is 1.04 bits per heavy atom. The highest BCUT2D eigenvalue weighted by molar-refractivity contribution is 6.71. The summed E-state index contributed by atoms with van der Waals surface area (Å²) in [6, 6.07) is 24.0. The number of amides is 2. The van der Waals surface area contributed by atoms with Crippen molar-refractivity contribution in [3.05, 3.63) is 107 Å². The van der Waals surface area contributed by atoms with Crippen LogP contribution in [0.5, 0.6) is 0 Å². The van der Waals surface area contributed by atoms with Gasteiger partial charge in [0.05, 0.1) is 37.1 Å². The van der Waals surface area contributed by atoms with Crippen molar-refractivity contribution < 1.29 is 33.8 Å². The van der Waals surface area contributed by atoms with Crippen molar-refractivity contribution in [2.45, 2.75) is 75.4 Å². The zero-order chi connectivity index (χ0) is 37.0. The Bertz CT molecular complexity index is 1880. The number of carbonyl (C=O) groups is 3. The molecule has 4 aromatic rings. The van der Waals surface area contributed by atoms with Gasteiger partial charge in [0.25, 0.3) is 11.8 Å². The number of aromatic nitrogens is 3. The quantitative estimate of drug-likeness (QED) is 0.0900. The van der Waals surface area contributed by atoms with Gasteiger partial charge in [0.15, 0.2) is 13.9 Å². The fourth-order valence-corrected chi connectivity index (χ4v) is 10.6. The van der Waals surface area contributed by atoms with Crippen molar-refractivity contribution >= 4 is 37.5 Å². The molecule has 2 aliphatic heterocycles. The average Bonchev–Trinajstić information content (AvgIpc) is 3.80. The maximum absolute atomic E-state index is 14.8. The van der Waals surface area contributed by atoms with Gasteiger partial charge in [-0.2, -0.15) is 0 Å². The van der Waals surface area contributed by atoms with Gasteiger partial charge in [0, 0.05) is 54.0 Å². The fourth-order valence-electron chi connectivity index (χ4n) is 7.98. The standard InChI is InChI=1S/C39H47N5O7Si/c1-26-36(52(3,4)49)34(20-22-43-24-32(41-42-43)30(25-45)27-13-7-5-8-14-27)51-39(26)31-23-29(40-37(47)28-15-9-6-10-16-28)18-19-33(31)44(38(39)48)21-12-11-17-35(46)50-2/h5-10,13-16,18-19,23-24,26,30,34,36,45,49H,11-12,17,20-22,25H2,1-4H3,(H,40,47)/t26-,30?,34+,36-,39+/m1/s1. The molecule has 0 radical (unpaired) electrons. The monoisotopic (exact) mass is 725 g/mol. The van der Waals surface area contributed by atoms with Crippen LogP contribution < -0.4 is 10.2 Å². The predicted octanol–water partition coefficient (Wildman–Crippen LogP) is 5.23. The van der Waals surface area contributed by atoms with Gasteiger partial charge >= 0.3 is 5.97 Å². The molecule has 1 unspecified atom stereocenters. The summed E-state index contributed by atoms with van der Waals surface area (Å²) in [5, 5.41) is 21.9. The van der Waals surface area contributed by atoms with Crippen LogP contribution in [0.4, 0.5) is 11.4 Å². The lowest BCUT2D eigenvalue weighted by molar-refractivity contribution is -0.146. The van der Waals surface area contributed by atoms with E-state index >= 15 is 0 Å². The number of ether oxygens (including phenoxy) is 2. The SMILES string of the molecule is COC(=O)CCCCN1C(=O)[C@@]2(O[C@@H](CCn3cc(C(CO)c4ccccc4)nn3)[C@H]([Si](C)(C)O)[C@H]2C)c2cc(NC(=O)c3ccccc3)ccc21. The van der Waals surface area contributed by atoms with Crippen molar-refractivity contribution in [1.29, 1.82) is 0 Å². The number of hydrogen-bond acceptors (Lipinski definition) is 9. The Hall–Kier alpha value is -4.69. The van der Waals surface area contributed by atoms with Crippen LogP contribution in [0.15, 0.2) is 85.1 Å². The highest BCUT2D eigenvalue weighted by Gasteiger charge is 2.66. The number of benzene rings is 3. The lowest BCUT2D eigenvalue weighted by Gasteiger charge is -2.32. The van der Waals surface area contributed by atoms with E-state index in [0.717, 1.165) is 5.56 Å². The molecule has 1 aromatic heterocycles. The minimum atomic E-state index is -2.94. The number of nitrogens with zero attached hydrogens (tertiary/aromatic N) is 4. The lowest BCUT2D eigenvalue weighted by atomic mass is 9.82. The molecule has 0 bridgehead atoms. The Labute approximate surface area is 304 Å². The number of nitrogens with one attached hydrogen (secondary N) is 1. The molecule has 1 saturated heterocycles. The Balaban J connectivity index is 1.30. The van der Waals surface area contributed by atoms with Crippen molar-refractivity contribution in [3.63, 3.8) is 0 Å². The third-order valence-electron chi connectivity index (χ3n) is 10.5. The number of aliphatic hydroxyl groups is 1. The van der Waals surface area contributed by atoms with Crippen LogP contribution in [0.3, 0.4) is 0 Å². The molecule has 2 aliphatic rings. The minimum absolute atomic E-state index is 0.116. The van der Waals surface area contributed by atoms with Crippen LogP contribution in [0, 0.1) is 5.92 Å². The molecule has 6 rings (SSSR count). The summed E-state index contributed by atoms with van der Waals surface area (Å²) in [4.78, 5) is 53.2. The summed E-state index contributed by atoms with van der Waals surface area (Å²) in [6.07, 6.45) is 3.15. The normalized spacial score (nSPS) is 21.7. The molecule has 274 valence electrons. The first kappa shape index (κ1) is 37.1. The molecule has 13 heteroatoms. The van der Waals surface area contributed by atoms with Crippen LogP contribution in [-0.4, -0.2) is 77.4 Å². The Morgan fingerprint density at radius 2 is 1.75 bits per heavy atom. The van der Waals surface area contributed by atoms with E-state index in [1.165, 1.54) is 7.11 Å². The van der Waals surface area contributed by atoms with Gasteiger partial charge in [0.2, 0.25) is 0 Å². The number of aliphatic hydroxyl groups excluding tert-OH is 1. The van der Waals surface area contributed by atoms with Crippen molar-refractivity contribution in [3.8, 4) is 0 Å². The molecule has 1 fully saturated rings. The summed E-state index contributed by atoms with van der Waals surface area (Å²) >= 11 is 0. The number of aryl methyl sites for hydroxylation is 1. The number of fused-ring (bicyclic) bond motifs is 2. The molecule has 12 nitrogen and oxygen atoms in total. The number of methoxy groups -OCH3 is 1. The fraction of sp³-hybridized carbons (Fsp3) is 0.410. The van der Waals surface area contributed by atoms with E-state index in [4.69, 9.17) is 9.47 Å². The van der Waals surface area contributed by atoms with Gasteiger partial charge in [-0.3, -0.25) is 19.1 Å². The smallest absolute Gasteiger partial charge is 0.305 e. The molecule has 3 aromatic carbocycles.